The quantitative estimate of drug-likeness (QED) is 0.0360. The molecule has 0 spiro atoms. The van der Waals surface area contributed by atoms with Gasteiger partial charge < -0.3 is 74.2 Å². The molecule has 0 aromatic carbocycles. The zero-order valence-electron chi connectivity index (χ0n) is 32.2. The minimum Gasteiger partial charge on any atom is -0.469 e. The van der Waals surface area contributed by atoms with Crippen molar-refractivity contribution in [2.75, 3.05) is 26.9 Å². The summed E-state index contributed by atoms with van der Waals surface area (Å²) in [5.41, 5.74) is 0. The molecule has 4 aliphatic rings. The van der Waals surface area contributed by atoms with E-state index in [4.69, 9.17) is 28.4 Å². The number of carbonyl (C=O) groups is 2. The zero-order valence-corrected chi connectivity index (χ0v) is 33.0. The van der Waals surface area contributed by atoms with Crippen molar-refractivity contribution >= 4 is 22.3 Å². The monoisotopic (exact) mass is 847 g/mol. The molecule has 0 aromatic rings. The normalized spacial score (nSPS) is 38.1. The predicted molar refractivity (Wildman–Crippen MR) is 191 cm³/mol. The number of carbonyl (C=O) groups excluding carboxylic acids is 2. The maximum absolute atomic E-state index is 13.8. The van der Waals surface area contributed by atoms with E-state index in [1.54, 1.807) is 0 Å². The van der Waals surface area contributed by atoms with Crippen molar-refractivity contribution in [3.63, 3.8) is 0 Å². The molecule has 1 amide bonds. The number of hydrogen-bond donors (Lipinski definition) is 9. The summed E-state index contributed by atoms with van der Waals surface area (Å²) in [6, 6.07) is -1.31. The Kier molecular flexibility index (Phi) is 19.2. The van der Waals surface area contributed by atoms with E-state index in [1.807, 2.05) is 0 Å². The van der Waals surface area contributed by atoms with Gasteiger partial charge in [-0.05, 0) is 32.6 Å². The summed E-state index contributed by atoms with van der Waals surface area (Å²) in [7, 11) is -3.94. The van der Waals surface area contributed by atoms with Gasteiger partial charge in [0.25, 0.3) is 0 Å². The van der Waals surface area contributed by atoms with E-state index in [0.717, 1.165) is 44.9 Å². The first-order valence-corrected chi connectivity index (χ1v) is 21.0. The van der Waals surface area contributed by atoms with E-state index < -0.39 is 127 Å². The molecule has 0 unspecified atom stereocenters. The van der Waals surface area contributed by atoms with Crippen molar-refractivity contribution in [2.24, 2.45) is 5.92 Å². The largest absolute Gasteiger partial charge is 0.469 e. The molecule has 57 heavy (non-hydrogen) atoms. The molecule has 3 aliphatic heterocycles. The molecule has 1 saturated carbocycles. The lowest BCUT2D eigenvalue weighted by Crippen LogP contribution is -2.70. The summed E-state index contributed by atoms with van der Waals surface area (Å²) in [6.45, 7) is -0.225. The molecular weight excluding hydrogens is 786 g/mol. The molecule has 332 valence electrons. The highest BCUT2D eigenvalue weighted by Gasteiger charge is 2.55. The second kappa shape index (κ2) is 22.8. The van der Waals surface area contributed by atoms with Crippen molar-refractivity contribution in [3.05, 3.63) is 0 Å². The van der Waals surface area contributed by atoms with Crippen LogP contribution >= 0.6 is 0 Å². The molecule has 4 fully saturated rings. The highest BCUT2D eigenvalue weighted by Crippen LogP contribution is 2.35. The van der Waals surface area contributed by atoms with E-state index in [0.29, 0.717) is 32.1 Å². The fourth-order valence-electron chi connectivity index (χ4n) is 7.55. The Morgan fingerprint density at radius 2 is 1.30 bits per heavy atom. The summed E-state index contributed by atoms with van der Waals surface area (Å²) >= 11 is 0. The van der Waals surface area contributed by atoms with Gasteiger partial charge in [-0.1, -0.05) is 44.9 Å². The standard InChI is InChI=1S/C35H61NO20S/c1-18-24(40)26(42)27(43)34(51-18)55-30-23(36-32(45)19-12-8-7-9-13-19)33(50-15-11-6-4-3-5-10-14-22(39)49-2)53-21(17-38)29(30)54-35-28(44)31(56-57(46,47)48)25(41)20(16-37)52-35/h18-21,23-31,33-35,37-38,40-44H,3-17H2,1-2H3,(H,36,45)(H,46,47,48)/t18-,20+,21+,23+,24+,25-,26+,27-,28+,29+,30+,31-,33+,34-,35-/m0/s1. The van der Waals surface area contributed by atoms with Gasteiger partial charge in [-0.3, -0.25) is 14.1 Å². The molecule has 22 heteroatoms. The maximum Gasteiger partial charge on any atom is 0.397 e. The number of aliphatic hydroxyl groups excluding tert-OH is 7. The number of ether oxygens (including phenoxy) is 7. The van der Waals surface area contributed by atoms with E-state index in [2.05, 4.69) is 14.2 Å². The van der Waals surface area contributed by atoms with Gasteiger partial charge in [-0.2, -0.15) is 8.42 Å². The van der Waals surface area contributed by atoms with E-state index in [1.165, 1.54) is 14.0 Å². The van der Waals surface area contributed by atoms with Gasteiger partial charge in [0.15, 0.2) is 18.9 Å². The number of hydrogen-bond acceptors (Lipinski definition) is 19. The topological polar surface area (TPSA) is 316 Å². The van der Waals surface area contributed by atoms with Crippen LogP contribution in [0, 0.1) is 5.92 Å². The van der Waals surface area contributed by atoms with Crippen LogP contribution in [-0.4, -0.2) is 180 Å². The molecule has 21 nitrogen and oxygen atoms in total. The Bertz CT molecular complexity index is 1340. The first-order valence-electron chi connectivity index (χ1n) is 19.6. The molecule has 3 heterocycles. The minimum atomic E-state index is -5.28. The second-order valence-electron chi connectivity index (χ2n) is 15.0. The lowest BCUT2D eigenvalue weighted by Gasteiger charge is -2.50. The molecular formula is C35H61NO20S. The summed E-state index contributed by atoms with van der Waals surface area (Å²) in [5, 5.41) is 77.2. The van der Waals surface area contributed by atoms with Crippen molar-refractivity contribution in [1.82, 2.24) is 5.32 Å². The Labute approximate surface area is 331 Å². The number of aliphatic hydroxyl groups is 7. The van der Waals surface area contributed by atoms with Crippen LogP contribution in [0.5, 0.6) is 0 Å². The number of amides is 1. The SMILES string of the molecule is COC(=O)CCCCCCCCO[C@@H]1O[C@H](CO)[C@@H](O[C@@H]2O[C@H](CO)[C@H](O)[C@H](OS(=O)(=O)O)[C@H]2O)[C@H](O[C@@H]2O[C@@H](C)[C@@H](O)[C@@H](O)[C@@H]2O)[C@H]1NC(=O)C1CCCCC1. The third-order valence-electron chi connectivity index (χ3n) is 10.8. The van der Waals surface area contributed by atoms with Crippen LogP contribution < -0.4 is 5.32 Å². The maximum atomic E-state index is 13.8. The van der Waals surface area contributed by atoms with E-state index in [-0.39, 0.29) is 12.6 Å². The second-order valence-corrected chi connectivity index (χ2v) is 16.0. The van der Waals surface area contributed by atoms with Crippen LogP contribution in [0.1, 0.15) is 84.0 Å². The first-order chi connectivity index (χ1) is 27.1. The first kappa shape index (κ1) is 48.0. The Hall–Kier alpha value is -1.71. The number of rotatable bonds is 20. The van der Waals surface area contributed by atoms with Crippen molar-refractivity contribution < 1.29 is 95.6 Å². The van der Waals surface area contributed by atoms with Gasteiger partial charge in [0.05, 0.1) is 26.4 Å². The molecule has 4 rings (SSSR count). The van der Waals surface area contributed by atoms with Gasteiger partial charge in [-0.15, -0.1) is 0 Å². The fraction of sp³-hybridized carbons (Fsp3) is 0.943. The van der Waals surface area contributed by atoms with Crippen LogP contribution in [0.25, 0.3) is 0 Å². The molecule has 0 bridgehead atoms. The highest BCUT2D eigenvalue weighted by molar-refractivity contribution is 7.80. The summed E-state index contributed by atoms with van der Waals surface area (Å²) in [5.74, 6) is -1.07. The average molecular weight is 848 g/mol. The minimum absolute atomic E-state index is 0.110. The third kappa shape index (κ3) is 13.4. The zero-order chi connectivity index (χ0) is 41.9. The number of nitrogens with one attached hydrogen (secondary N) is 1. The van der Waals surface area contributed by atoms with Crippen molar-refractivity contribution in [2.45, 2.75) is 176 Å². The molecule has 0 radical (unpaired) electrons. The van der Waals surface area contributed by atoms with E-state index in [9.17, 15) is 58.3 Å². The average Bonchev–Trinajstić information content (AvgIpc) is 3.19. The lowest BCUT2D eigenvalue weighted by atomic mass is 9.87. The summed E-state index contributed by atoms with van der Waals surface area (Å²) in [4.78, 5) is 25.2. The third-order valence-corrected chi connectivity index (χ3v) is 11.3. The smallest absolute Gasteiger partial charge is 0.397 e. The van der Waals surface area contributed by atoms with Gasteiger partial charge in [-0.25, -0.2) is 4.18 Å². The number of esters is 1. The Morgan fingerprint density at radius 3 is 1.93 bits per heavy atom. The highest BCUT2D eigenvalue weighted by atomic mass is 32.3. The van der Waals surface area contributed by atoms with Crippen LogP contribution in [0.15, 0.2) is 0 Å². The van der Waals surface area contributed by atoms with Gasteiger partial charge in [0, 0.05) is 18.9 Å². The summed E-state index contributed by atoms with van der Waals surface area (Å²) < 4.78 is 77.9. The van der Waals surface area contributed by atoms with Crippen LogP contribution in [0.2, 0.25) is 0 Å². The molecule has 15 atom stereocenters. The van der Waals surface area contributed by atoms with Gasteiger partial charge in [0.1, 0.15) is 67.1 Å². The van der Waals surface area contributed by atoms with Crippen LogP contribution in [0.3, 0.4) is 0 Å². The predicted octanol–water partition coefficient (Wildman–Crippen LogP) is -2.09. The Balaban J connectivity index is 1.63. The van der Waals surface area contributed by atoms with Gasteiger partial charge >= 0.3 is 16.4 Å². The molecule has 9 N–H and O–H groups in total. The lowest BCUT2D eigenvalue weighted by molar-refractivity contribution is -0.372. The van der Waals surface area contributed by atoms with Crippen LogP contribution in [0.4, 0.5) is 0 Å². The molecule has 1 aliphatic carbocycles. The number of methoxy groups -OCH3 is 1. The van der Waals surface area contributed by atoms with Crippen molar-refractivity contribution in [3.8, 4) is 0 Å². The fourth-order valence-corrected chi connectivity index (χ4v) is 8.06. The van der Waals surface area contributed by atoms with Crippen molar-refractivity contribution in [1.29, 1.82) is 0 Å². The van der Waals surface area contributed by atoms with Gasteiger partial charge in [0.2, 0.25) is 5.91 Å². The van der Waals surface area contributed by atoms with E-state index >= 15 is 0 Å². The molecule has 3 saturated heterocycles. The summed E-state index contributed by atoms with van der Waals surface area (Å²) in [6.07, 6.45) is -15.1. The number of unbranched alkanes of at least 4 members (excludes halogenated alkanes) is 5. The Morgan fingerprint density at radius 1 is 0.702 bits per heavy atom. The molecule has 0 aromatic heterocycles. The van der Waals surface area contributed by atoms with Crippen LogP contribution in [-0.2, 0) is 57.3 Å².